The molecule has 0 saturated carbocycles. The standard InChI is InChI=1S/C19H21N5O5S2/c1-28-12-13-29-18-14(4-3-7-20-18)19(25)23-8-10-24(11-9-23)31(26,27)16-6-2-5-15-17(16)22-30-21-15/h2-7H,8-13H2,1H3. The number of aromatic nitrogens is 3. The Kier molecular flexibility index (Phi) is 6.41. The van der Waals surface area contributed by atoms with Gasteiger partial charge < -0.3 is 14.4 Å². The molecule has 0 atom stereocenters. The summed E-state index contributed by atoms with van der Waals surface area (Å²) in [4.78, 5) is 18.9. The van der Waals surface area contributed by atoms with Crippen LogP contribution in [0.4, 0.5) is 0 Å². The second-order valence-electron chi connectivity index (χ2n) is 6.78. The Morgan fingerprint density at radius 2 is 1.90 bits per heavy atom. The minimum Gasteiger partial charge on any atom is -0.475 e. The first-order valence-corrected chi connectivity index (χ1v) is 11.8. The molecule has 1 aliphatic heterocycles. The number of carbonyl (C=O) groups excluding carboxylic acids is 1. The van der Waals surface area contributed by atoms with Crippen LogP contribution in [0.15, 0.2) is 41.4 Å². The molecule has 1 fully saturated rings. The maximum atomic E-state index is 13.2. The number of hydrogen-bond acceptors (Lipinski definition) is 9. The zero-order valence-electron chi connectivity index (χ0n) is 16.8. The highest BCUT2D eigenvalue weighted by Crippen LogP contribution is 2.26. The molecule has 1 amide bonds. The maximum Gasteiger partial charge on any atom is 0.259 e. The largest absolute Gasteiger partial charge is 0.475 e. The number of nitrogens with zero attached hydrogens (tertiary/aromatic N) is 5. The van der Waals surface area contributed by atoms with E-state index in [9.17, 15) is 13.2 Å². The van der Waals surface area contributed by atoms with Crippen LogP contribution in [0, 0.1) is 0 Å². The summed E-state index contributed by atoms with van der Waals surface area (Å²) in [5.41, 5.74) is 1.27. The van der Waals surface area contributed by atoms with E-state index in [2.05, 4.69) is 13.7 Å². The van der Waals surface area contributed by atoms with Gasteiger partial charge in [-0.15, -0.1) is 0 Å². The lowest BCUT2D eigenvalue weighted by Gasteiger charge is -2.34. The van der Waals surface area contributed by atoms with Gasteiger partial charge in [0, 0.05) is 39.5 Å². The van der Waals surface area contributed by atoms with Gasteiger partial charge in [0.25, 0.3) is 5.91 Å². The van der Waals surface area contributed by atoms with Gasteiger partial charge in [-0.1, -0.05) is 6.07 Å². The third-order valence-corrected chi connectivity index (χ3v) is 7.39. The van der Waals surface area contributed by atoms with Gasteiger partial charge in [-0.25, -0.2) is 13.4 Å². The van der Waals surface area contributed by atoms with Crippen molar-refractivity contribution >= 4 is 38.7 Å². The number of ether oxygens (including phenoxy) is 2. The SMILES string of the molecule is COCCOc1ncccc1C(=O)N1CCN(S(=O)(=O)c2cccc3nsnc23)CC1. The molecule has 31 heavy (non-hydrogen) atoms. The van der Waals surface area contributed by atoms with Crippen molar-refractivity contribution in [2.45, 2.75) is 4.90 Å². The average Bonchev–Trinajstić information content (AvgIpc) is 3.28. The van der Waals surface area contributed by atoms with E-state index < -0.39 is 10.0 Å². The number of carbonyl (C=O) groups is 1. The molecule has 4 rings (SSSR count). The van der Waals surface area contributed by atoms with E-state index in [1.807, 2.05) is 0 Å². The van der Waals surface area contributed by atoms with Crippen molar-refractivity contribution in [2.75, 3.05) is 46.5 Å². The highest BCUT2D eigenvalue weighted by Gasteiger charge is 2.33. The predicted molar refractivity (Wildman–Crippen MR) is 114 cm³/mol. The lowest BCUT2D eigenvalue weighted by atomic mass is 10.2. The first-order valence-electron chi connectivity index (χ1n) is 9.60. The van der Waals surface area contributed by atoms with Gasteiger partial charge in [0.1, 0.15) is 28.1 Å². The zero-order valence-corrected chi connectivity index (χ0v) is 18.4. The summed E-state index contributed by atoms with van der Waals surface area (Å²) in [6.07, 6.45) is 1.55. The molecule has 164 valence electrons. The third-order valence-electron chi connectivity index (χ3n) is 4.92. The molecule has 0 aliphatic carbocycles. The van der Waals surface area contributed by atoms with Crippen LogP contribution in [0.2, 0.25) is 0 Å². The van der Waals surface area contributed by atoms with Crippen LogP contribution >= 0.6 is 11.7 Å². The molecule has 12 heteroatoms. The Balaban J connectivity index is 1.47. The summed E-state index contributed by atoms with van der Waals surface area (Å²) >= 11 is 0.979. The Morgan fingerprint density at radius 3 is 2.68 bits per heavy atom. The predicted octanol–water partition coefficient (Wildman–Crippen LogP) is 1.26. The summed E-state index contributed by atoms with van der Waals surface area (Å²) in [6, 6.07) is 8.24. The molecule has 10 nitrogen and oxygen atoms in total. The van der Waals surface area contributed by atoms with E-state index in [1.54, 1.807) is 42.5 Å². The minimum absolute atomic E-state index is 0.139. The number of piperazine rings is 1. The molecule has 3 aromatic rings. The number of sulfonamides is 1. The number of hydrogen-bond donors (Lipinski definition) is 0. The first kappa shape index (κ1) is 21.6. The number of fused-ring (bicyclic) bond motifs is 1. The van der Waals surface area contributed by atoms with Crippen molar-refractivity contribution in [1.82, 2.24) is 22.9 Å². The van der Waals surface area contributed by atoms with E-state index in [1.165, 1.54) is 10.4 Å². The smallest absolute Gasteiger partial charge is 0.259 e. The van der Waals surface area contributed by atoms with E-state index in [0.717, 1.165) is 11.7 Å². The highest BCUT2D eigenvalue weighted by atomic mass is 32.2. The average molecular weight is 464 g/mol. The molecule has 0 radical (unpaired) electrons. The fourth-order valence-corrected chi connectivity index (χ4v) is 5.50. The molecule has 0 N–H and O–H groups in total. The van der Waals surface area contributed by atoms with Gasteiger partial charge in [0.05, 0.1) is 18.3 Å². The van der Waals surface area contributed by atoms with Crippen molar-refractivity contribution in [3.63, 3.8) is 0 Å². The molecule has 0 spiro atoms. The zero-order chi connectivity index (χ0) is 21.8. The third kappa shape index (κ3) is 4.37. The summed E-state index contributed by atoms with van der Waals surface area (Å²) in [7, 11) is -2.18. The van der Waals surface area contributed by atoms with Crippen LogP contribution in [-0.4, -0.2) is 83.8 Å². The topological polar surface area (TPSA) is 115 Å². The Morgan fingerprint density at radius 1 is 1.10 bits per heavy atom. The quantitative estimate of drug-likeness (QED) is 0.481. The van der Waals surface area contributed by atoms with Crippen molar-refractivity contribution in [3.8, 4) is 5.88 Å². The molecular formula is C19H21N5O5S2. The van der Waals surface area contributed by atoms with Crippen molar-refractivity contribution in [3.05, 3.63) is 42.1 Å². The van der Waals surface area contributed by atoms with Crippen LogP contribution < -0.4 is 4.74 Å². The van der Waals surface area contributed by atoms with Gasteiger partial charge in [-0.05, 0) is 24.3 Å². The van der Waals surface area contributed by atoms with Gasteiger partial charge in [0.2, 0.25) is 15.9 Å². The summed E-state index contributed by atoms with van der Waals surface area (Å²) in [6.45, 7) is 1.54. The molecular weight excluding hydrogens is 442 g/mol. The Hall–Kier alpha value is -2.67. The van der Waals surface area contributed by atoms with Crippen molar-refractivity contribution < 1.29 is 22.7 Å². The van der Waals surface area contributed by atoms with Gasteiger partial charge in [-0.2, -0.15) is 13.1 Å². The lowest BCUT2D eigenvalue weighted by Crippen LogP contribution is -2.50. The maximum absolute atomic E-state index is 13.2. The van der Waals surface area contributed by atoms with Gasteiger partial charge in [-0.3, -0.25) is 4.79 Å². The molecule has 1 saturated heterocycles. The summed E-state index contributed by atoms with van der Waals surface area (Å²) < 4.78 is 46.5. The van der Waals surface area contributed by atoms with Crippen LogP contribution in [0.3, 0.4) is 0 Å². The molecule has 2 aromatic heterocycles. The van der Waals surface area contributed by atoms with E-state index in [4.69, 9.17) is 9.47 Å². The molecule has 1 aliphatic rings. The number of benzene rings is 1. The molecule has 1 aromatic carbocycles. The van der Waals surface area contributed by atoms with Crippen LogP contribution in [0.5, 0.6) is 5.88 Å². The number of amides is 1. The molecule has 0 unspecified atom stereocenters. The number of methoxy groups -OCH3 is 1. The van der Waals surface area contributed by atoms with Crippen molar-refractivity contribution in [2.24, 2.45) is 0 Å². The molecule has 0 bridgehead atoms. The highest BCUT2D eigenvalue weighted by molar-refractivity contribution is 7.89. The normalized spacial score (nSPS) is 15.3. The van der Waals surface area contributed by atoms with Gasteiger partial charge >= 0.3 is 0 Å². The Bertz CT molecular complexity index is 1180. The summed E-state index contributed by atoms with van der Waals surface area (Å²) in [5.74, 6) is -0.00863. The van der Waals surface area contributed by atoms with E-state index in [-0.39, 0.29) is 49.5 Å². The second-order valence-corrected chi connectivity index (χ2v) is 9.22. The fourth-order valence-electron chi connectivity index (χ4n) is 3.32. The fraction of sp³-hybridized carbons (Fsp3) is 0.368. The number of pyridine rings is 1. The number of rotatable bonds is 7. The minimum atomic E-state index is -3.75. The van der Waals surface area contributed by atoms with Crippen LogP contribution in [-0.2, 0) is 14.8 Å². The van der Waals surface area contributed by atoms with Gasteiger partial charge in [0.15, 0.2) is 0 Å². The second kappa shape index (κ2) is 9.22. The first-order chi connectivity index (χ1) is 15.0. The van der Waals surface area contributed by atoms with Crippen molar-refractivity contribution in [1.29, 1.82) is 0 Å². The lowest BCUT2D eigenvalue weighted by molar-refractivity contribution is 0.0689. The van der Waals surface area contributed by atoms with Crippen LogP contribution in [0.1, 0.15) is 10.4 Å². The summed E-state index contributed by atoms with van der Waals surface area (Å²) in [5, 5.41) is 0. The van der Waals surface area contributed by atoms with Crippen LogP contribution in [0.25, 0.3) is 11.0 Å². The van der Waals surface area contributed by atoms with E-state index >= 15 is 0 Å². The monoisotopic (exact) mass is 463 g/mol. The molecule has 3 heterocycles. The van der Waals surface area contributed by atoms with E-state index in [0.29, 0.717) is 23.2 Å². The Labute approximate surface area is 183 Å².